The maximum Gasteiger partial charge on any atom is 0.0720 e. The first kappa shape index (κ1) is 36.8. The van der Waals surface area contributed by atoms with Crippen LogP contribution >= 0.6 is 11.3 Å². The number of para-hydroxylation sites is 1. The second kappa shape index (κ2) is 14.4. The van der Waals surface area contributed by atoms with Crippen molar-refractivity contribution in [1.82, 2.24) is 0 Å². The number of fused-ring (bicyclic) bond motifs is 9. The normalized spacial score (nSPS) is 13.9. The lowest BCUT2D eigenvalue weighted by Crippen LogP contribution is -2.28. The lowest BCUT2D eigenvalue weighted by Gasteiger charge is -2.35. The summed E-state index contributed by atoms with van der Waals surface area (Å²) in [5.41, 5.74) is 17.9. The Labute approximate surface area is 377 Å². The second-order valence-corrected chi connectivity index (χ2v) is 18.2. The summed E-state index contributed by atoms with van der Waals surface area (Å²) in [5, 5.41) is 2.57. The van der Waals surface area contributed by atoms with Crippen LogP contribution in [0.4, 0.5) is 17.1 Å². The molecule has 0 amide bonds. The molecular weight excluding hydrogens is 791 g/mol. The van der Waals surface area contributed by atoms with E-state index in [2.05, 4.69) is 254 Å². The van der Waals surface area contributed by atoms with Gasteiger partial charge in [0.1, 0.15) is 0 Å². The molecule has 1 nitrogen and oxygen atoms in total. The number of rotatable bonds is 7. The van der Waals surface area contributed by atoms with Crippen molar-refractivity contribution in [3.8, 4) is 22.3 Å². The van der Waals surface area contributed by atoms with E-state index in [-0.39, 0.29) is 0 Å². The van der Waals surface area contributed by atoms with E-state index in [0.29, 0.717) is 0 Å². The molecule has 0 saturated heterocycles. The third-order valence-corrected chi connectivity index (χ3v) is 15.2. The summed E-state index contributed by atoms with van der Waals surface area (Å²) in [6.45, 7) is 0. The van der Waals surface area contributed by atoms with E-state index in [1.165, 1.54) is 86.9 Å². The predicted molar refractivity (Wildman–Crippen MR) is 269 cm³/mol. The third kappa shape index (κ3) is 5.06. The van der Waals surface area contributed by atoms with E-state index in [4.69, 9.17) is 0 Å². The van der Waals surface area contributed by atoms with Crippen LogP contribution in [0, 0.1) is 0 Å². The number of hydrogen-bond acceptors (Lipinski definition) is 2. The standard InChI is InChI=1S/C62H41NS/c1-5-21-42(22-6-1)61(43-23-7-2-8-24-43)53-34-18-15-31-49(53)59-54(61)35-19-37-56(59)63(45-27-11-4-12-28-45)46-39-40-57-50(41-46)60-55(36-20-38-58(60)64-57)62(44-25-9-3-10-26-44)51-32-16-13-29-47(51)48-30-14-17-33-52(48)62/h1-41H. The summed E-state index contributed by atoms with van der Waals surface area (Å²) < 4.78 is 2.57. The lowest BCUT2D eigenvalue weighted by atomic mass is 9.66. The van der Waals surface area contributed by atoms with Gasteiger partial charge in [-0.15, -0.1) is 11.3 Å². The third-order valence-electron chi connectivity index (χ3n) is 14.0. The molecule has 1 aromatic heterocycles. The molecular formula is C62H41NS. The molecule has 11 aromatic rings. The Morgan fingerprint density at radius 3 is 1.39 bits per heavy atom. The van der Waals surface area contributed by atoms with E-state index in [1.807, 2.05) is 11.3 Å². The topological polar surface area (TPSA) is 3.24 Å². The summed E-state index contributed by atoms with van der Waals surface area (Å²) in [7, 11) is 0. The fourth-order valence-corrected chi connectivity index (χ4v) is 12.7. The molecule has 2 aliphatic rings. The van der Waals surface area contributed by atoms with Gasteiger partial charge in [0, 0.05) is 37.1 Å². The van der Waals surface area contributed by atoms with Crippen molar-refractivity contribution in [3.05, 3.63) is 293 Å². The molecule has 0 fully saturated rings. The van der Waals surface area contributed by atoms with Crippen LogP contribution in [-0.4, -0.2) is 0 Å². The molecule has 2 aliphatic carbocycles. The molecule has 0 saturated carbocycles. The smallest absolute Gasteiger partial charge is 0.0720 e. The van der Waals surface area contributed by atoms with Crippen LogP contribution < -0.4 is 4.90 Å². The molecule has 0 spiro atoms. The Morgan fingerprint density at radius 1 is 0.312 bits per heavy atom. The lowest BCUT2D eigenvalue weighted by molar-refractivity contribution is 0.768. The minimum absolute atomic E-state index is 0.505. The molecule has 0 unspecified atom stereocenters. The summed E-state index contributed by atoms with van der Waals surface area (Å²) in [6, 6.07) is 92.6. The number of benzene rings is 10. The maximum atomic E-state index is 2.50. The van der Waals surface area contributed by atoms with Gasteiger partial charge in [0.15, 0.2) is 0 Å². The molecule has 0 atom stereocenters. The molecule has 13 rings (SSSR count). The summed E-state index contributed by atoms with van der Waals surface area (Å²) in [4.78, 5) is 2.50. The van der Waals surface area contributed by atoms with Crippen molar-refractivity contribution in [3.63, 3.8) is 0 Å². The highest BCUT2D eigenvalue weighted by atomic mass is 32.1. The molecule has 2 heteroatoms. The van der Waals surface area contributed by atoms with Crippen LogP contribution in [0.25, 0.3) is 42.4 Å². The Morgan fingerprint density at radius 2 is 0.781 bits per heavy atom. The van der Waals surface area contributed by atoms with E-state index in [9.17, 15) is 0 Å². The van der Waals surface area contributed by atoms with Crippen molar-refractivity contribution < 1.29 is 0 Å². The minimum Gasteiger partial charge on any atom is -0.310 e. The molecule has 300 valence electrons. The van der Waals surface area contributed by atoms with Crippen LogP contribution in [0.2, 0.25) is 0 Å². The number of nitrogens with zero attached hydrogens (tertiary/aromatic N) is 1. The van der Waals surface area contributed by atoms with Gasteiger partial charge >= 0.3 is 0 Å². The summed E-state index contributed by atoms with van der Waals surface area (Å²) >= 11 is 1.89. The van der Waals surface area contributed by atoms with E-state index >= 15 is 0 Å². The Bertz CT molecular complexity index is 3470. The van der Waals surface area contributed by atoms with Crippen LogP contribution in [-0.2, 0) is 10.8 Å². The quantitative estimate of drug-likeness (QED) is 0.155. The first-order valence-corrected chi connectivity index (χ1v) is 23.0. The molecule has 0 aliphatic heterocycles. The average Bonchev–Trinajstić information content (AvgIpc) is 4.01. The van der Waals surface area contributed by atoms with Crippen LogP contribution in [0.15, 0.2) is 249 Å². The van der Waals surface area contributed by atoms with Gasteiger partial charge in [-0.1, -0.05) is 206 Å². The molecule has 0 radical (unpaired) electrons. The van der Waals surface area contributed by atoms with Gasteiger partial charge in [0.25, 0.3) is 0 Å². The molecule has 1 heterocycles. The average molecular weight is 832 g/mol. The van der Waals surface area contributed by atoms with Crippen LogP contribution in [0.5, 0.6) is 0 Å². The summed E-state index contributed by atoms with van der Waals surface area (Å²) in [6.07, 6.45) is 0. The Hall–Kier alpha value is -7.78. The van der Waals surface area contributed by atoms with Crippen LogP contribution in [0.1, 0.15) is 44.5 Å². The number of thiophene rings is 1. The zero-order valence-electron chi connectivity index (χ0n) is 35.0. The van der Waals surface area contributed by atoms with Gasteiger partial charge in [-0.2, -0.15) is 0 Å². The first-order valence-electron chi connectivity index (χ1n) is 22.2. The molecule has 0 bridgehead atoms. The monoisotopic (exact) mass is 831 g/mol. The minimum atomic E-state index is -0.515. The highest BCUT2D eigenvalue weighted by molar-refractivity contribution is 7.25. The molecule has 0 N–H and O–H groups in total. The van der Waals surface area contributed by atoms with Crippen molar-refractivity contribution in [2.75, 3.05) is 4.90 Å². The summed E-state index contributed by atoms with van der Waals surface area (Å²) in [5.74, 6) is 0. The van der Waals surface area contributed by atoms with Crippen LogP contribution in [0.3, 0.4) is 0 Å². The second-order valence-electron chi connectivity index (χ2n) is 17.1. The number of hydrogen-bond donors (Lipinski definition) is 0. The highest BCUT2D eigenvalue weighted by Gasteiger charge is 2.48. The van der Waals surface area contributed by atoms with Gasteiger partial charge < -0.3 is 4.90 Å². The van der Waals surface area contributed by atoms with Crippen molar-refractivity contribution in [2.24, 2.45) is 0 Å². The van der Waals surface area contributed by atoms with Crippen molar-refractivity contribution in [1.29, 1.82) is 0 Å². The van der Waals surface area contributed by atoms with Gasteiger partial charge in [0.05, 0.1) is 16.5 Å². The van der Waals surface area contributed by atoms with E-state index in [0.717, 1.165) is 17.1 Å². The van der Waals surface area contributed by atoms with Gasteiger partial charge in [-0.05, 0) is 104 Å². The fourth-order valence-electron chi connectivity index (χ4n) is 11.6. The predicted octanol–water partition coefficient (Wildman–Crippen LogP) is 16.3. The van der Waals surface area contributed by atoms with Crippen molar-refractivity contribution in [2.45, 2.75) is 10.8 Å². The molecule has 10 aromatic carbocycles. The zero-order chi connectivity index (χ0) is 42.2. The maximum absolute atomic E-state index is 2.50. The SMILES string of the molecule is c1ccc(N(c2ccc3sc4cccc(C5(c6ccccc6)c6ccccc6-c6ccccc65)c4c3c2)c2cccc3c2-c2ccccc2C3(c2ccccc2)c2ccccc2)cc1. The zero-order valence-corrected chi connectivity index (χ0v) is 35.8. The van der Waals surface area contributed by atoms with Crippen molar-refractivity contribution >= 4 is 48.6 Å². The highest BCUT2D eigenvalue weighted by Crippen LogP contribution is 2.61. The molecule has 64 heavy (non-hydrogen) atoms. The van der Waals surface area contributed by atoms with E-state index in [1.54, 1.807) is 0 Å². The number of anilines is 3. The van der Waals surface area contributed by atoms with E-state index < -0.39 is 10.8 Å². The van der Waals surface area contributed by atoms with Gasteiger partial charge in [-0.25, -0.2) is 0 Å². The largest absolute Gasteiger partial charge is 0.310 e. The Balaban J connectivity index is 1.10. The Kier molecular flexibility index (Phi) is 8.28. The first-order chi connectivity index (χ1) is 31.8. The van der Waals surface area contributed by atoms with Gasteiger partial charge in [-0.3, -0.25) is 0 Å². The fraction of sp³-hybridized carbons (Fsp3) is 0.0323. The van der Waals surface area contributed by atoms with Gasteiger partial charge in [0.2, 0.25) is 0 Å².